The molecule has 0 unspecified atom stereocenters. The van der Waals surface area contributed by atoms with E-state index in [1.54, 1.807) is 0 Å². The Hall–Kier alpha value is -0.340. The maximum absolute atomic E-state index is 3.49. The Morgan fingerprint density at radius 2 is 1.30 bits per heavy atom. The van der Waals surface area contributed by atoms with E-state index in [2.05, 4.69) is 36.6 Å². The van der Waals surface area contributed by atoms with Gasteiger partial charge < -0.3 is 10.6 Å². The monoisotopic (exact) mass is 282 g/mol. The van der Waals surface area contributed by atoms with Crippen LogP contribution in [0.4, 0.5) is 0 Å². The van der Waals surface area contributed by atoms with Crippen molar-refractivity contribution in [3.05, 3.63) is 12.2 Å². The van der Waals surface area contributed by atoms with Gasteiger partial charge in [-0.3, -0.25) is 0 Å². The number of unbranched alkanes of at least 4 members (excludes halogenated alkanes) is 8. The van der Waals surface area contributed by atoms with Crippen LogP contribution in [-0.4, -0.2) is 26.2 Å². The van der Waals surface area contributed by atoms with E-state index in [4.69, 9.17) is 0 Å². The smallest absolute Gasteiger partial charge is 0.0134 e. The Morgan fingerprint density at radius 1 is 0.650 bits per heavy atom. The summed E-state index contributed by atoms with van der Waals surface area (Å²) in [4.78, 5) is 0. The molecule has 2 N–H and O–H groups in total. The normalized spacial score (nSPS) is 11.5. The number of hydrogen-bond donors (Lipinski definition) is 2. The zero-order valence-electron chi connectivity index (χ0n) is 14.1. The summed E-state index contributed by atoms with van der Waals surface area (Å²) in [6.45, 7) is 8.96. The fourth-order valence-electron chi connectivity index (χ4n) is 2.28. The molecule has 20 heavy (non-hydrogen) atoms. The van der Waals surface area contributed by atoms with Gasteiger partial charge in [-0.1, -0.05) is 64.5 Å². The van der Waals surface area contributed by atoms with Crippen LogP contribution in [0.15, 0.2) is 12.2 Å². The van der Waals surface area contributed by atoms with E-state index in [0.717, 1.165) is 13.1 Å². The minimum atomic E-state index is 1.05. The molecular weight excluding hydrogens is 244 g/mol. The van der Waals surface area contributed by atoms with Crippen LogP contribution in [0.2, 0.25) is 0 Å². The molecule has 0 aromatic heterocycles. The van der Waals surface area contributed by atoms with Crippen molar-refractivity contribution in [3.63, 3.8) is 0 Å². The largest absolute Gasteiger partial charge is 0.317 e. The SMILES string of the molecule is CCCCCCCNC/C=C/CCCCCCNCC. The molecule has 0 heterocycles. The first-order valence-corrected chi connectivity index (χ1v) is 8.98. The average molecular weight is 283 g/mol. The molecular formula is C18H38N2. The molecule has 0 bridgehead atoms. The minimum absolute atomic E-state index is 1.05. The standard InChI is InChI=1S/C18H38N2/c1-3-5-6-10-14-17-20-18-15-12-9-7-8-11-13-16-19-4-2/h12,15,19-20H,3-11,13-14,16-18H2,1-2H3/b15-12+. The second-order valence-electron chi connectivity index (χ2n) is 5.65. The molecule has 0 radical (unpaired) electrons. The highest BCUT2D eigenvalue weighted by molar-refractivity contribution is 4.83. The molecule has 0 atom stereocenters. The summed E-state index contributed by atoms with van der Waals surface area (Å²) < 4.78 is 0. The molecule has 0 aromatic rings. The molecule has 2 nitrogen and oxygen atoms in total. The van der Waals surface area contributed by atoms with Crippen LogP contribution in [0, 0.1) is 0 Å². The fraction of sp³-hybridized carbons (Fsp3) is 0.889. The van der Waals surface area contributed by atoms with Gasteiger partial charge in [0.15, 0.2) is 0 Å². The predicted molar refractivity (Wildman–Crippen MR) is 92.4 cm³/mol. The van der Waals surface area contributed by atoms with Gasteiger partial charge in [0.05, 0.1) is 0 Å². The van der Waals surface area contributed by atoms with Crippen molar-refractivity contribution >= 4 is 0 Å². The van der Waals surface area contributed by atoms with Crippen LogP contribution in [0.5, 0.6) is 0 Å². The molecule has 0 fully saturated rings. The maximum atomic E-state index is 3.49. The van der Waals surface area contributed by atoms with Gasteiger partial charge in [0.2, 0.25) is 0 Å². The van der Waals surface area contributed by atoms with Gasteiger partial charge in [-0.2, -0.15) is 0 Å². The maximum Gasteiger partial charge on any atom is 0.0134 e. The van der Waals surface area contributed by atoms with Crippen LogP contribution in [0.1, 0.15) is 78.1 Å². The first-order chi connectivity index (χ1) is 9.91. The fourth-order valence-corrected chi connectivity index (χ4v) is 2.28. The van der Waals surface area contributed by atoms with E-state index >= 15 is 0 Å². The Bertz CT molecular complexity index is 170. The molecule has 0 aliphatic rings. The second-order valence-corrected chi connectivity index (χ2v) is 5.65. The molecule has 0 amide bonds. The molecule has 0 saturated carbocycles. The molecule has 0 aliphatic heterocycles. The van der Waals surface area contributed by atoms with Gasteiger partial charge in [-0.05, 0) is 45.3 Å². The highest BCUT2D eigenvalue weighted by Gasteiger charge is 1.89. The van der Waals surface area contributed by atoms with E-state index in [9.17, 15) is 0 Å². The van der Waals surface area contributed by atoms with Crippen molar-refractivity contribution < 1.29 is 0 Å². The summed E-state index contributed by atoms with van der Waals surface area (Å²) in [5.74, 6) is 0. The van der Waals surface area contributed by atoms with E-state index in [1.807, 2.05) is 0 Å². The zero-order valence-corrected chi connectivity index (χ0v) is 14.1. The Balaban J connectivity index is 3.01. The van der Waals surface area contributed by atoms with Gasteiger partial charge in [-0.25, -0.2) is 0 Å². The van der Waals surface area contributed by atoms with E-state index in [0.29, 0.717) is 0 Å². The molecule has 0 rings (SSSR count). The third kappa shape index (κ3) is 17.7. The minimum Gasteiger partial charge on any atom is -0.317 e. The molecule has 120 valence electrons. The zero-order chi connectivity index (χ0) is 14.7. The van der Waals surface area contributed by atoms with Crippen molar-refractivity contribution in [1.82, 2.24) is 10.6 Å². The summed E-state index contributed by atoms with van der Waals surface area (Å²) in [6.07, 6.45) is 18.2. The topological polar surface area (TPSA) is 24.1 Å². The summed E-state index contributed by atoms with van der Waals surface area (Å²) in [6, 6.07) is 0. The van der Waals surface area contributed by atoms with Crippen molar-refractivity contribution in [1.29, 1.82) is 0 Å². The lowest BCUT2D eigenvalue weighted by molar-refractivity contribution is 0.597. The second kappa shape index (κ2) is 18.7. The summed E-state index contributed by atoms with van der Waals surface area (Å²) in [5.41, 5.74) is 0. The first kappa shape index (κ1) is 19.7. The summed E-state index contributed by atoms with van der Waals surface area (Å²) in [7, 11) is 0. The van der Waals surface area contributed by atoms with E-state index in [-0.39, 0.29) is 0 Å². The van der Waals surface area contributed by atoms with Crippen LogP contribution >= 0.6 is 0 Å². The number of hydrogen-bond acceptors (Lipinski definition) is 2. The van der Waals surface area contributed by atoms with E-state index < -0.39 is 0 Å². The lowest BCUT2D eigenvalue weighted by Crippen LogP contribution is -2.14. The number of nitrogens with one attached hydrogen (secondary N) is 2. The quantitative estimate of drug-likeness (QED) is 0.318. The number of allylic oxidation sites excluding steroid dienone is 1. The highest BCUT2D eigenvalue weighted by atomic mass is 14.8. The third-order valence-corrected chi connectivity index (χ3v) is 3.61. The van der Waals surface area contributed by atoms with Gasteiger partial charge in [0.25, 0.3) is 0 Å². The van der Waals surface area contributed by atoms with Crippen molar-refractivity contribution in [3.8, 4) is 0 Å². The Labute approximate surface area is 127 Å². The molecule has 0 aromatic carbocycles. The number of rotatable bonds is 16. The van der Waals surface area contributed by atoms with Gasteiger partial charge in [0.1, 0.15) is 0 Å². The summed E-state index contributed by atoms with van der Waals surface area (Å²) in [5, 5.41) is 6.87. The van der Waals surface area contributed by atoms with Crippen molar-refractivity contribution in [2.45, 2.75) is 78.1 Å². The Kier molecular flexibility index (Phi) is 18.3. The average Bonchev–Trinajstić information content (AvgIpc) is 2.47. The lowest BCUT2D eigenvalue weighted by Gasteiger charge is -2.02. The van der Waals surface area contributed by atoms with Crippen molar-refractivity contribution in [2.75, 3.05) is 26.2 Å². The highest BCUT2D eigenvalue weighted by Crippen LogP contribution is 2.03. The third-order valence-electron chi connectivity index (χ3n) is 3.61. The van der Waals surface area contributed by atoms with Gasteiger partial charge in [0, 0.05) is 6.54 Å². The lowest BCUT2D eigenvalue weighted by atomic mass is 10.1. The van der Waals surface area contributed by atoms with Crippen LogP contribution in [0.25, 0.3) is 0 Å². The van der Waals surface area contributed by atoms with Gasteiger partial charge >= 0.3 is 0 Å². The molecule has 0 aliphatic carbocycles. The van der Waals surface area contributed by atoms with E-state index in [1.165, 1.54) is 77.3 Å². The first-order valence-electron chi connectivity index (χ1n) is 8.98. The van der Waals surface area contributed by atoms with Crippen molar-refractivity contribution in [2.24, 2.45) is 0 Å². The van der Waals surface area contributed by atoms with Crippen LogP contribution in [0.3, 0.4) is 0 Å². The van der Waals surface area contributed by atoms with Gasteiger partial charge in [-0.15, -0.1) is 0 Å². The van der Waals surface area contributed by atoms with Crippen LogP contribution < -0.4 is 10.6 Å². The molecule has 0 saturated heterocycles. The molecule has 0 spiro atoms. The molecule has 2 heteroatoms. The Morgan fingerprint density at radius 3 is 2.00 bits per heavy atom. The summed E-state index contributed by atoms with van der Waals surface area (Å²) >= 11 is 0. The predicted octanol–water partition coefficient (Wildman–Crippen LogP) is 4.66. The van der Waals surface area contributed by atoms with Crippen LogP contribution in [-0.2, 0) is 0 Å².